The van der Waals surface area contributed by atoms with Crippen molar-refractivity contribution in [2.24, 2.45) is 0 Å². The second-order valence-electron chi connectivity index (χ2n) is 7.41. The first-order valence-electron chi connectivity index (χ1n) is 9.61. The Labute approximate surface area is 182 Å². The lowest BCUT2D eigenvalue weighted by atomic mass is 10.1. The SMILES string of the molecule is N#Cc1c[nH]c2ncnc(N3CCC[C@H]3c3nn4ccc(Cl)c4c(=O)n3CC(F)(F)F)c12. The van der Waals surface area contributed by atoms with Crippen LogP contribution >= 0.6 is 11.6 Å². The van der Waals surface area contributed by atoms with Crippen LogP contribution in [0.25, 0.3) is 16.6 Å². The Kier molecular flexibility index (Phi) is 4.59. The summed E-state index contributed by atoms with van der Waals surface area (Å²) >= 11 is 6.03. The van der Waals surface area contributed by atoms with E-state index < -0.39 is 24.3 Å². The fourth-order valence-corrected chi connectivity index (χ4v) is 4.42. The van der Waals surface area contributed by atoms with Crippen LogP contribution in [0, 0.1) is 11.3 Å². The molecule has 1 saturated heterocycles. The summed E-state index contributed by atoms with van der Waals surface area (Å²) in [6.07, 6.45) is 0.688. The Morgan fingerprint density at radius 1 is 1.34 bits per heavy atom. The summed E-state index contributed by atoms with van der Waals surface area (Å²) in [6.45, 7) is -1.04. The molecule has 0 aromatic carbocycles. The minimum Gasteiger partial charge on any atom is -0.346 e. The molecule has 0 saturated carbocycles. The van der Waals surface area contributed by atoms with E-state index in [1.54, 1.807) is 4.90 Å². The summed E-state index contributed by atoms with van der Waals surface area (Å²) in [6, 6.07) is 2.81. The van der Waals surface area contributed by atoms with Gasteiger partial charge in [-0.3, -0.25) is 9.36 Å². The second kappa shape index (κ2) is 7.23. The number of nitrogens with zero attached hydrogens (tertiary/aromatic N) is 7. The van der Waals surface area contributed by atoms with Crippen LogP contribution in [0.3, 0.4) is 0 Å². The average Bonchev–Trinajstić information content (AvgIpc) is 3.47. The predicted octanol–water partition coefficient (Wildman–Crippen LogP) is 3.20. The van der Waals surface area contributed by atoms with Crippen LogP contribution in [-0.2, 0) is 6.54 Å². The normalized spacial score (nSPS) is 16.8. The number of fused-ring (bicyclic) bond motifs is 2. The molecular formula is C19H14ClF3N8O. The van der Waals surface area contributed by atoms with Gasteiger partial charge in [0.05, 0.1) is 22.0 Å². The summed E-state index contributed by atoms with van der Waals surface area (Å²) in [5.41, 5.74) is -0.243. The lowest BCUT2D eigenvalue weighted by molar-refractivity contribution is -0.141. The van der Waals surface area contributed by atoms with Crippen molar-refractivity contribution in [2.45, 2.75) is 31.6 Å². The topological polar surface area (TPSA) is 108 Å². The molecule has 0 aliphatic carbocycles. The van der Waals surface area contributed by atoms with Gasteiger partial charge in [0.15, 0.2) is 5.82 Å². The smallest absolute Gasteiger partial charge is 0.346 e. The van der Waals surface area contributed by atoms with Crippen molar-refractivity contribution in [1.82, 2.24) is 29.1 Å². The first-order valence-corrected chi connectivity index (χ1v) is 9.99. The molecule has 9 nitrogen and oxygen atoms in total. The van der Waals surface area contributed by atoms with Crippen LogP contribution in [0.1, 0.15) is 30.3 Å². The largest absolute Gasteiger partial charge is 0.406 e. The van der Waals surface area contributed by atoms with Gasteiger partial charge in [-0.25, -0.2) is 14.5 Å². The Hall–Kier alpha value is -3.59. The first kappa shape index (κ1) is 20.3. The van der Waals surface area contributed by atoms with Crippen molar-refractivity contribution < 1.29 is 13.2 Å². The average molecular weight is 463 g/mol. The lowest BCUT2D eigenvalue weighted by Crippen LogP contribution is -2.37. The molecule has 0 bridgehead atoms. The van der Waals surface area contributed by atoms with Crippen molar-refractivity contribution in [3.8, 4) is 6.07 Å². The van der Waals surface area contributed by atoms with Gasteiger partial charge >= 0.3 is 6.18 Å². The van der Waals surface area contributed by atoms with Gasteiger partial charge in [-0.15, -0.1) is 0 Å². The molecule has 5 heterocycles. The molecule has 5 rings (SSSR count). The van der Waals surface area contributed by atoms with Gasteiger partial charge in [0.2, 0.25) is 0 Å². The second-order valence-corrected chi connectivity index (χ2v) is 7.82. The van der Waals surface area contributed by atoms with Crippen LogP contribution in [0.2, 0.25) is 5.02 Å². The standard InChI is InChI=1S/C19H14ClF3N8O/c20-11-3-5-31-14(11)18(32)30(8-19(21,22)23)16(28-31)12-2-1-4-29(12)17-13-10(6-24)7-25-15(13)26-9-27-17/h3,5,7,9,12H,1-2,4,8H2,(H,25,26,27)/t12-/m0/s1. The molecule has 13 heteroatoms. The number of aromatic nitrogens is 6. The van der Waals surface area contributed by atoms with Crippen LogP contribution in [-0.4, -0.2) is 41.9 Å². The van der Waals surface area contributed by atoms with Gasteiger partial charge in [-0.05, 0) is 18.9 Å². The molecule has 1 aliphatic rings. The predicted molar refractivity (Wildman–Crippen MR) is 108 cm³/mol. The minimum absolute atomic E-state index is 0.0248. The van der Waals surface area contributed by atoms with Gasteiger partial charge in [0, 0.05) is 18.9 Å². The molecule has 32 heavy (non-hydrogen) atoms. The number of alkyl halides is 3. The maximum absolute atomic E-state index is 13.4. The number of nitriles is 1. The molecule has 1 N–H and O–H groups in total. The Morgan fingerprint density at radius 3 is 2.91 bits per heavy atom. The summed E-state index contributed by atoms with van der Waals surface area (Å²) in [5, 5.41) is 14.3. The first-order chi connectivity index (χ1) is 15.3. The highest BCUT2D eigenvalue weighted by Crippen LogP contribution is 2.38. The van der Waals surface area contributed by atoms with Crippen molar-refractivity contribution in [3.63, 3.8) is 0 Å². The van der Waals surface area contributed by atoms with Gasteiger partial charge < -0.3 is 9.88 Å². The van der Waals surface area contributed by atoms with E-state index in [2.05, 4.69) is 26.1 Å². The highest BCUT2D eigenvalue weighted by Gasteiger charge is 2.37. The van der Waals surface area contributed by atoms with E-state index in [-0.39, 0.29) is 16.4 Å². The highest BCUT2D eigenvalue weighted by molar-refractivity contribution is 6.33. The number of aromatic amines is 1. The third-order valence-corrected chi connectivity index (χ3v) is 5.79. The molecule has 0 spiro atoms. The van der Waals surface area contributed by atoms with E-state index in [9.17, 15) is 23.2 Å². The number of halogens is 4. The maximum Gasteiger partial charge on any atom is 0.406 e. The Morgan fingerprint density at radius 2 is 2.16 bits per heavy atom. The van der Waals surface area contributed by atoms with Gasteiger partial charge in [-0.2, -0.15) is 23.5 Å². The molecule has 4 aromatic rings. The number of anilines is 1. The molecule has 0 unspecified atom stereocenters. The monoisotopic (exact) mass is 462 g/mol. The molecule has 4 aromatic heterocycles. The van der Waals surface area contributed by atoms with Crippen LogP contribution < -0.4 is 10.5 Å². The molecular weight excluding hydrogens is 449 g/mol. The van der Waals surface area contributed by atoms with Crippen molar-refractivity contribution in [3.05, 3.63) is 51.6 Å². The van der Waals surface area contributed by atoms with E-state index in [0.717, 1.165) is 0 Å². The highest BCUT2D eigenvalue weighted by atomic mass is 35.5. The molecule has 1 fully saturated rings. The summed E-state index contributed by atoms with van der Waals surface area (Å²) < 4.78 is 42.0. The van der Waals surface area contributed by atoms with Crippen LogP contribution in [0.15, 0.2) is 29.6 Å². The van der Waals surface area contributed by atoms with E-state index in [1.807, 2.05) is 0 Å². The molecule has 1 aliphatic heterocycles. The number of nitrogens with one attached hydrogen (secondary N) is 1. The molecule has 0 amide bonds. The number of hydrogen-bond acceptors (Lipinski definition) is 6. The van der Waals surface area contributed by atoms with Crippen molar-refractivity contribution in [2.75, 3.05) is 11.4 Å². The minimum atomic E-state index is -4.64. The zero-order valence-electron chi connectivity index (χ0n) is 16.3. The zero-order chi connectivity index (χ0) is 22.6. The number of H-pyrrole nitrogens is 1. The molecule has 164 valence electrons. The van der Waals surface area contributed by atoms with Crippen molar-refractivity contribution >= 4 is 34.0 Å². The summed E-state index contributed by atoms with van der Waals surface area (Å²) in [7, 11) is 0. The quantitative estimate of drug-likeness (QED) is 0.501. The summed E-state index contributed by atoms with van der Waals surface area (Å²) in [4.78, 5) is 26.1. The van der Waals surface area contributed by atoms with Gasteiger partial charge in [0.25, 0.3) is 5.56 Å². The van der Waals surface area contributed by atoms with E-state index in [4.69, 9.17) is 11.6 Å². The third-order valence-electron chi connectivity index (χ3n) is 5.48. The fraction of sp³-hybridized carbons (Fsp3) is 0.316. The van der Waals surface area contributed by atoms with Crippen molar-refractivity contribution in [1.29, 1.82) is 5.26 Å². The lowest BCUT2D eigenvalue weighted by Gasteiger charge is -2.28. The Bertz CT molecular complexity index is 1450. The number of rotatable bonds is 3. The van der Waals surface area contributed by atoms with E-state index in [0.29, 0.717) is 46.4 Å². The van der Waals surface area contributed by atoms with Gasteiger partial charge in [0.1, 0.15) is 35.9 Å². The third kappa shape index (κ3) is 3.16. The van der Waals surface area contributed by atoms with E-state index in [1.165, 1.54) is 29.3 Å². The van der Waals surface area contributed by atoms with Gasteiger partial charge in [-0.1, -0.05) is 11.6 Å². The van der Waals surface area contributed by atoms with Crippen LogP contribution in [0.4, 0.5) is 19.0 Å². The Balaban J connectivity index is 1.72. The van der Waals surface area contributed by atoms with E-state index >= 15 is 0 Å². The summed E-state index contributed by atoms with van der Waals surface area (Å²) in [5.74, 6) is 0.346. The fourth-order valence-electron chi connectivity index (χ4n) is 4.20. The molecule has 0 radical (unpaired) electrons. The maximum atomic E-state index is 13.4. The van der Waals surface area contributed by atoms with Crippen LogP contribution in [0.5, 0.6) is 0 Å². The zero-order valence-corrected chi connectivity index (χ0v) is 17.0. The number of hydrogen-bond donors (Lipinski definition) is 1. The molecule has 1 atom stereocenters.